The summed E-state index contributed by atoms with van der Waals surface area (Å²) in [5.74, 6) is 0.378. The molecule has 0 aromatic heterocycles. The number of rotatable bonds is 9. The van der Waals surface area contributed by atoms with E-state index in [0.29, 0.717) is 12.1 Å². The van der Waals surface area contributed by atoms with Gasteiger partial charge in [-0.3, -0.25) is 9.10 Å². The van der Waals surface area contributed by atoms with Crippen molar-refractivity contribution in [3.05, 3.63) is 59.2 Å². The first kappa shape index (κ1) is 23.7. The maximum atomic E-state index is 13.0. The third-order valence-corrected chi connectivity index (χ3v) is 6.16. The molecule has 0 fully saturated rings. The van der Waals surface area contributed by atoms with Gasteiger partial charge in [-0.1, -0.05) is 30.7 Å². The van der Waals surface area contributed by atoms with Crippen molar-refractivity contribution in [3.8, 4) is 5.75 Å². The van der Waals surface area contributed by atoms with Gasteiger partial charge in [-0.25, -0.2) is 8.42 Å². The Bertz CT molecular complexity index is 971. The van der Waals surface area contributed by atoms with Gasteiger partial charge < -0.3 is 10.1 Å². The molecule has 1 amide bonds. The zero-order chi connectivity index (χ0) is 22.5. The highest BCUT2D eigenvalue weighted by molar-refractivity contribution is 7.92. The molecule has 2 aromatic carbocycles. The van der Waals surface area contributed by atoms with Gasteiger partial charge in [0.1, 0.15) is 18.4 Å². The monoisotopic (exact) mass is 432 g/mol. The van der Waals surface area contributed by atoms with Crippen LogP contribution in [0.5, 0.6) is 5.75 Å². The Balaban J connectivity index is 2.14. The Kier molecular flexibility index (Phi) is 7.89. The highest BCUT2D eigenvalue weighted by Crippen LogP contribution is 2.25. The zero-order valence-corrected chi connectivity index (χ0v) is 19.4. The number of amides is 1. The number of ether oxygens (including phenoxy) is 1. The minimum atomic E-state index is -3.66. The Morgan fingerprint density at radius 1 is 1.07 bits per heavy atom. The highest BCUT2D eigenvalue weighted by Gasteiger charge is 2.32. The lowest BCUT2D eigenvalue weighted by atomic mass is 10.1. The molecule has 2 atom stereocenters. The van der Waals surface area contributed by atoms with Crippen molar-refractivity contribution < 1.29 is 17.9 Å². The molecule has 0 heterocycles. The minimum Gasteiger partial charge on any atom is -0.491 e. The molecule has 0 aliphatic carbocycles. The molecule has 0 aliphatic rings. The van der Waals surface area contributed by atoms with Crippen LogP contribution in [0.1, 0.15) is 37.0 Å². The lowest BCUT2D eigenvalue weighted by molar-refractivity contribution is -0.123. The van der Waals surface area contributed by atoms with Crippen molar-refractivity contribution in [3.63, 3.8) is 0 Å². The molecular weight excluding hydrogens is 400 g/mol. The lowest BCUT2D eigenvalue weighted by Crippen LogP contribution is -2.52. The smallest absolute Gasteiger partial charge is 0.244 e. The number of hydrogen-bond acceptors (Lipinski definition) is 4. The molecule has 0 spiro atoms. The summed E-state index contributed by atoms with van der Waals surface area (Å²) < 4.78 is 32.1. The van der Waals surface area contributed by atoms with Gasteiger partial charge in [0.05, 0.1) is 18.0 Å². The number of sulfonamides is 1. The molecular formula is C23H32N2O4S. The van der Waals surface area contributed by atoms with Crippen molar-refractivity contribution in [1.82, 2.24) is 5.32 Å². The van der Waals surface area contributed by atoms with E-state index in [-0.39, 0.29) is 18.6 Å². The van der Waals surface area contributed by atoms with Gasteiger partial charge in [0.15, 0.2) is 0 Å². The largest absolute Gasteiger partial charge is 0.491 e. The van der Waals surface area contributed by atoms with Crippen LogP contribution in [0.15, 0.2) is 42.5 Å². The topological polar surface area (TPSA) is 75.7 Å². The summed E-state index contributed by atoms with van der Waals surface area (Å²) in [7, 11) is -3.66. The van der Waals surface area contributed by atoms with Gasteiger partial charge in [-0.2, -0.15) is 0 Å². The average Bonchev–Trinajstić information content (AvgIpc) is 2.66. The first-order valence-corrected chi connectivity index (χ1v) is 11.9. The predicted molar refractivity (Wildman–Crippen MR) is 122 cm³/mol. The van der Waals surface area contributed by atoms with E-state index in [0.717, 1.165) is 28.7 Å². The summed E-state index contributed by atoms with van der Waals surface area (Å²) in [5.41, 5.74) is 3.66. The molecule has 164 valence electrons. The van der Waals surface area contributed by atoms with Crippen LogP contribution in [0.25, 0.3) is 0 Å². The fourth-order valence-corrected chi connectivity index (χ4v) is 4.36. The fourth-order valence-electron chi connectivity index (χ4n) is 3.16. The predicted octanol–water partition coefficient (Wildman–Crippen LogP) is 3.74. The molecule has 30 heavy (non-hydrogen) atoms. The van der Waals surface area contributed by atoms with Crippen molar-refractivity contribution in [2.24, 2.45) is 0 Å². The third kappa shape index (κ3) is 6.23. The molecule has 7 heteroatoms. The van der Waals surface area contributed by atoms with E-state index >= 15 is 0 Å². The maximum Gasteiger partial charge on any atom is 0.244 e. The van der Waals surface area contributed by atoms with Gasteiger partial charge >= 0.3 is 0 Å². The van der Waals surface area contributed by atoms with E-state index in [1.807, 2.05) is 58.0 Å². The van der Waals surface area contributed by atoms with Crippen LogP contribution in [0.4, 0.5) is 5.69 Å². The molecule has 0 aliphatic heterocycles. The van der Waals surface area contributed by atoms with E-state index in [4.69, 9.17) is 4.74 Å². The molecule has 2 rings (SSSR count). The summed E-state index contributed by atoms with van der Waals surface area (Å²) in [6, 6.07) is 12.0. The van der Waals surface area contributed by atoms with Crippen molar-refractivity contribution in [2.45, 2.75) is 53.1 Å². The Morgan fingerprint density at radius 2 is 1.70 bits per heavy atom. The number of anilines is 1. The Morgan fingerprint density at radius 3 is 2.23 bits per heavy atom. The number of carbonyl (C=O) groups is 1. The molecule has 0 saturated carbocycles. The first-order chi connectivity index (χ1) is 14.0. The van der Waals surface area contributed by atoms with Crippen LogP contribution in [-0.2, 0) is 14.8 Å². The minimum absolute atomic E-state index is 0.283. The summed E-state index contributed by atoms with van der Waals surface area (Å²) in [4.78, 5) is 13.0. The van der Waals surface area contributed by atoms with Gasteiger partial charge in [-0.05, 0) is 69.5 Å². The van der Waals surface area contributed by atoms with Crippen LogP contribution in [0.3, 0.4) is 0 Å². The SMILES string of the molecule is CC[C@H](C(=O)N[C@@H](C)COc1ccc(C)cc1)N(c1ccc(C)c(C)c1)S(C)(=O)=O. The molecule has 0 bridgehead atoms. The lowest BCUT2D eigenvalue weighted by Gasteiger charge is -2.31. The van der Waals surface area contributed by atoms with E-state index in [1.165, 1.54) is 4.31 Å². The van der Waals surface area contributed by atoms with E-state index in [1.54, 1.807) is 19.1 Å². The number of carbonyl (C=O) groups excluding carboxylic acids is 1. The second kappa shape index (κ2) is 9.98. The second-order valence-electron chi connectivity index (χ2n) is 7.79. The number of nitrogens with one attached hydrogen (secondary N) is 1. The van der Waals surface area contributed by atoms with E-state index in [9.17, 15) is 13.2 Å². The molecule has 0 unspecified atom stereocenters. The zero-order valence-electron chi connectivity index (χ0n) is 18.6. The van der Waals surface area contributed by atoms with Gasteiger partial charge in [0.25, 0.3) is 0 Å². The van der Waals surface area contributed by atoms with Crippen molar-refractivity contribution in [2.75, 3.05) is 17.2 Å². The molecule has 0 radical (unpaired) electrons. The number of aryl methyl sites for hydroxylation is 3. The summed E-state index contributed by atoms with van der Waals surface area (Å²) in [6.45, 7) is 9.80. The number of hydrogen-bond donors (Lipinski definition) is 1. The number of benzene rings is 2. The Labute approximate surface area is 180 Å². The summed E-state index contributed by atoms with van der Waals surface area (Å²) >= 11 is 0. The van der Waals surface area contributed by atoms with Crippen molar-refractivity contribution >= 4 is 21.6 Å². The van der Waals surface area contributed by atoms with Gasteiger partial charge in [0.2, 0.25) is 15.9 Å². The van der Waals surface area contributed by atoms with Crippen LogP contribution < -0.4 is 14.4 Å². The van der Waals surface area contributed by atoms with Crippen LogP contribution in [0, 0.1) is 20.8 Å². The highest BCUT2D eigenvalue weighted by atomic mass is 32.2. The van der Waals surface area contributed by atoms with Crippen LogP contribution in [-0.4, -0.2) is 39.3 Å². The molecule has 6 nitrogen and oxygen atoms in total. The van der Waals surface area contributed by atoms with E-state index in [2.05, 4.69) is 5.32 Å². The molecule has 2 aromatic rings. The van der Waals surface area contributed by atoms with Gasteiger partial charge in [-0.15, -0.1) is 0 Å². The standard InChI is InChI=1S/C23H32N2O4S/c1-7-22(25(30(6,27)28)20-11-10-17(3)18(4)14-20)23(26)24-19(5)15-29-21-12-8-16(2)9-13-21/h8-14,19,22H,7,15H2,1-6H3,(H,24,26)/t19-,22+/m0/s1. The molecule has 0 saturated heterocycles. The van der Waals surface area contributed by atoms with Crippen molar-refractivity contribution in [1.29, 1.82) is 0 Å². The molecule has 1 N–H and O–H groups in total. The first-order valence-electron chi connectivity index (χ1n) is 10.1. The van der Waals surface area contributed by atoms with Crippen LogP contribution in [0.2, 0.25) is 0 Å². The van der Waals surface area contributed by atoms with Gasteiger partial charge in [0, 0.05) is 0 Å². The Hall–Kier alpha value is -2.54. The normalized spacial score (nSPS) is 13.4. The summed E-state index contributed by atoms with van der Waals surface area (Å²) in [5, 5.41) is 2.89. The summed E-state index contributed by atoms with van der Waals surface area (Å²) in [6.07, 6.45) is 1.47. The van der Waals surface area contributed by atoms with E-state index < -0.39 is 16.1 Å². The quantitative estimate of drug-likeness (QED) is 0.655. The third-order valence-electron chi connectivity index (χ3n) is 4.98. The van der Waals surface area contributed by atoms with Crippen LogP contribution >= 0.6 is 0 Å². The fraction of sp³-hybridized carbons (Fsp3) is 0.435. The number of nitrogens with zero attached hydrogens (tertiary/aromatic N) is 1. The maximum absolute atomic E-state index is 13.0. The second-order valence-corrected chi connectivity index (χ2v) is 9.64. The average molecular weight is 433 g/mol.